The maximum atomic E-state index is 13.0. The number of hydrogen-bond acceptors (Lipinski definition) is 1. The Hall–Kier alpha value is -1.38. The molecule has 0 atom stereocenters. The van der Waals surface area contributed by atoms with Crippen LogP contribution in [-0.2, 0) is 12.0 Å². The van der Waals surface area contributed by atoms with Crippen molar-refractivity contribution in [1.29, 1.82) is 0 Å². The summed E-state index contributed by atoms with van der Waals surface area (Å²) < 4.78 is 13.0. The number of rotatable bonds is 5. The Labute approximate surface area is 123 Å². The van der Waals surface area contributed by atoms with Crippen LogP contribution in [0.2, 0.25) is 5.02 Å². The zero-order valence-electron chi connectivity index (χ0n) is 11.2. The zero-order chi connectivity index (χ0) is 14.0. The van der Waals surface area contributed by atoms with Crippen LogP contribution in [-0.4, -0.2) is 6.54 Å². The molecule has 1 aliphatic carbocycles. The standard InChI is InChI=1S/C17H17ClFN/c18-16-4-2-1-3-13(16)11-20-12-17(9-10-17)14-5-7-15(19)8-6-14/h1-8,20H,9-12H2. The molecule has 0 aliphatic heterocycles. The molecule has 3 heteroatoms. The molecule has 0 unspecified atom stereocenters. The van der Waals surface area contributed by atoms with E-state index in [1.165, 1.54) is 5.56 Å². The van der Waals surface area contributed by atoms with E-state index in [2.05, 4.69) is 5.32 Å². The van der Waals surface area contributed by atoms with E-state index in [-0.39, 0.29) is 11.2 Å². The summed E-state index contributed by atoms with van der Waals surface area (Å²) in [6, 6.07) is 14.8. The van der Waals surface area contributed by atoms with Gasteiger partial charge in [-0.2, -0.15) is 0 Å². The smallest absolute Gasteiger partial charge is 0.123 e. The van der Waals surface area contributed by atoms with Crippen molar-refractivity contribution >= 4 is 11.6 Å². The molecule has 104 valence electrons. The van der Waals surface area contributed by atoms with Crippen molar-refractivity contribution in [1.82, 2.24) is 5.32 Å². The van der Waals surface area contributed by atoms with Crippen LogP contribution in [0.3, 0.4) is 0 Å². The average Bonchev–Trinajstić information content (AvgIpc) is 3.23. The van der Waals surface area contributed by atoms with Crippen LogP contribution in [0.15, 0.2) is 48.5 Å². The monoisotopic (exact) mass is 289 g/mol. The first-order valence-corrected chi connectivity index (χ1v) is 7.28. The normalized spacial score (nSPS) is 16.1. The van der Waals surface area contributed by atoms with E-state index >= 15 is 0 Å². The van der Waals surface area contributed by atoms with Gasteiger partial charge in [-0.25, -0.2) is 4.39 Å². The highest BCUT2D eigenvalue weighted by molar-refractivity contribution is 6.31. The maximum Gasteiger partial charge on any atom is 0.123 e. The van der Waals surface area contributed by atoms with Crippen LogP contribution in [0.1, 0.15) is 24.0 Å². The number of halogens is 2. The van der Waals surface area contributed by atoms with Crippen LogP contribution in [0, 0.1) is 5.82 Å². The highest BCUT2D eigenvalue weighted by Crippen LogP contribution is 2.47. The zero-order valence-corrected chi connectivity index (χ0v) is 12.0. The van der Waals surface area contributed by atoms with Crippen molar-refractivity contribution in [2.45, 2.75) is 24.8 Å². The predicted octanol–water partition coefficient (Wildman–Crippen LogP) is 4.30. The molecule has 0 amide bonds. The topological polar surface area (TPSA) is 12.0 Å². The van der Waals surface area contributed by atoms with Crippen molar-refractivity contribution in [2.75, 3.05) is 6.54 Å². The molecule has 0 aromatic heterocycles. The van der Waals surface area contributed by atoms with Gasteiger partial charge in [-0.1, -0.05) is 41.9 Å². The van der Waals surface area contributed by atoms with Crippen LogP contribution >= 0.6 is 11.6 Å². The molecule has 0 saturated heterocycles. The molecule has 20 heavy (non-hydrogen) atoms. The first kappa shape index (κ1) is 13.6. The first-order chi connectivity index (χ1) is 9.70. The number of nitrogens with one attached hydrogen (secondary N) is 1. The summed E-state index contributed by atoms with van der Waals surface area (Å²) in [7, 11) is 0. The Bertz CT molecular complexity index is 590. The van der Waals surface area contributed by atoms with Gasteiger partial charge in [0, 0.05) is 23.5 Å². The average molecular weight is 290 g/mol. The first-order valence-electron chi connectivity index (χ1n) is 6.90. The Kier molecular flexibility index (Phi) is 3.77. The molecule has 1 aliphatic rings. The lowest BCUT2D eigenvalue weighted by Crippen LogP contribution is -2.26. The minimum Gasteiger partial charge on any atom is -0.312 e. The Morgan fingerprint density at radius 3 is 2.40 bits per heavy atom. The third kappa shape index (κ3) is 2.87. The van der Waals surface area contributed by atoms with Crippen molar-refractivity contribution < 1.29 is 4.39 Å². The molecule has 0 radical (unpaired) electrons. The van der Waals surface area contributed by atoms with Gasteiger partial charge in [0.2, 0.25) is 0 Å². The van der Waals surface area contributed by atoms with E-state index in [0.717, 1.165) is 36.5 Å². The SMILES string of the molecule is Fc1ccc(C2(CNCc3ccccc3Cl)CC2)cc1. The molecule has 2 aromatic carbocycles. The summed E-state index contributed by atoms with van der Waals surface area (Å²) in [6.45, 7) is 1.67. The fourth-order valence-corrected chi connectivity index (χ4v) is 2.80. The van der Waals surface area contributed by atoms with E-state index in [0.29, 0.717) is 0 Å². The van der Waals surface area contributed by atoms with Crippen molar-refractivity contribution in [3.05, 3.63) is 70.5 Å². The Balaban J connectivity index is 1.61. The molecule has 1 fully saturated rings. The second-order valence-electron chi connectivity index (χ2n) is 5.48. The molecule has 1 nitrogen and oxygen atoms in total. The van der Waals surface area contributed by atoms with Gasteiger partial charge in [0.25, 0.3) is 0 Å². The van der Waals surface area contributed by atoms with E-state index in [1.54, 1.807) is 12.1 Å². The quantitative estimate of drug-likeness (QED) is 0.865. The summed E-state index contributed by atoms with van der Waals surface area (Å²) in [5, 5.41) is 4.28. The second kappa shape index (κ2) is 5.55. The summed E-state index contributed by atoms with van der Waals surface area (Å²) in [6.07, 6.45) is 2.32. The van der Waals surface area contributed by atoms with E-state index in [1.807, 2.05) is 36.4 Å². The molecular weight excluding hydrogens is 273 g/mol. The van der Waals surface area contributed by atoms with E-state index in [4.69, 9.17) is 11.6 Å². The fourth-order valence-electron chi connectivity index (χ4n) is 2.60. The number of benzene rings is 2. The number of hydrogen-bond donors (Lipinski definition) is 1. The van der Waals surface area contributed by atoms with Gasteiger partial charge in [-0.3, -0.25) is 0 Å². The van der Waals surface area contributed by atoms with Gasteiger partial charge in [0.15, 0.2) is 0 Å². The molecule has 0 spiro atoms. The lowest BCUT2D eigenvalue weighted by atomic mass is 9.96. The summed E-state index contributed by atoms with van der Waals surface area (Å²) >= 11 is 6.14. The minimum absolute atomic E-state index is 0.173. The largest absolute Gasteiger partial charge is 0.312 e. The predicted molar refractivity (Wildman–Crippen MR) is 80.5 cm³/mol. The summed E-state index contributed by atoms with van der Waals surface area (Å²) in [4.78, 5) is 0. The molecular formula is C17H17ClFN. The fraction of sp³-hybridized carbons (Fsp3) is 0.294. The summed E-state index contributed by atoms with van der Waals surface area (Å²) in [5.41, 5.74) is 2.53. The molecule has 3 rings (SSSR count). The van der Waals surface area contributed by atoms with Crippen molar-refractivity contribution in [2.24, 2.45) is 0 Å². The van der Waals surface area contributed by atoms with E-state index in [9.17, 15) is 4.39 Å². The van der Waals surface area contributed by atoms with Crippen molar-refractivity contribution in [3.8, 4) is 0 Å². The van der Waals surface area contributed by atoms with Gasteiger partial charge in [-0.15, -0.1) is 0 Å². The van der Waals surface area contributed by atoms with Crippen LogP contribution in [0.5, 0.6) is 0 Å². The van der Waals surface area contributed by atoms with Gasteiger partial charge in [-0.05, 0) is 42.2 Å². The molecule has 1 saturated carbocycles. The van der Waals surface area contributed by atoms with E-state index < -0.39 is 0 Å². The van der Waals surface area contributed by atoms with Crippen LogP contribution in [0.4, 0.5) is 4.39 Å². The molecule has 2 aromatic rings. The molecule has 1 N–H and O–H groups in total. The maximum absolute atomic E-state index is 13.0. The lowest BCUT2D eigenvalue weighted by Gasteiger charge is -2.17. The van der Waals surface area contributed by atoms with Crippen LogP contribution in [0.25, 0.3) is 0 Å². The second-order valence-corrected chi connectivity index (χ2v) is 5.89. The minimum atomic E-state index is -0.173. The Morgan fingerprint density at radius 1 is 1.05 bits per heavy atom. The van der Waals surface area contributed by atoms with Gasteiger partial charge < -0.3 is 5.32 Å². The summed E-state index contributed by atoms with van der Waals surface area (Å²) in [5.74, 6) is -0.173. The van der Waals surface area contributed by atoms with Crippen molar-refractivity contribution in [3.63, 3.8) is 0 Å². The molecule has 0 bridgehead atoms. The lowest BCUT2D eigenvalue weighted by molar-refractivity contribution is 0.571. The third-order valence-corrected chi connectivity index (χ3v) is 4.42. The third-order valence-electron chi connectivity index (χ3n) is 4.05. The van der Waals surface area contributed by atoms with Gasteiger partial charge >= 0.3 is 0 Å². The van der Waals surface area contributed by atoms with Gasteiger partial charge in [0.05, 0.1) is 0 Å². The highest BCUT2D eigenvalue weighted by atomic mass is 35.5. The van der Waals surface area contributed by atoms with Gasteiger partial charge in [0.1, 0.15) is 5.82 Å². The molecule has 0 heterocycles. The van der Waals surface area contributed by atoms with Crippen LogP contribution < -0.4 is 5.32 Å². The Morgan fingerprint density at radius 2 is 1.75 bits per heavy atom. The highest BCUT2D eigenvalue weighted by Gasteiger charge is 2.43.